The smallest absolute Gasteiger partial charge is 0.329 e. The Kier molecular flexibility index (Phi) is 9.01. The van der Waals surface area contributed by atoms with E-state index < -0.39 is 11.8 Å². The zero-order chi connectivity index (χ0) is 26.1. The van der Waals surface area contributed by atoms with E-state index in [1.807, 2.05) is 38.1 Å². The van der Waals surface area contributed by atoms with Crippen LogP contribution in [0, 0.1) is 13.8 Å². The zero-order valence-electron chi connectivity index (χ0n) is 19.9. The molecule has 3 rings (SSSR count). The van der Waals surface area contributed by atoms with Gasteiger partial charge < -0.3 is 20.1 Å². The molecule has 0 fully saturated rings. The lowest BCUT2D eigenvalue weighted by atomic mass is 10.1. The second-order valence-corrected chi connectivity index (χ2v) is 8.06. The normalized spacial score (nSPS) is 10.6. The van der Waals surface area contributed by atoms with Crippen LogP contribution in [0.5, 0.6) is 11.5 Å². The lowest BCUT2D eigenvalue weighted by Gasteiger charge is -2.13. The molecule has 0 saturated carbocycles. The Balaban J connectivity index is 1.60. The Labute approximate surface area is 213 Å². The molecule has 0 heterocycles. The minimum Gasteiger partial charge on any atom is -0.493 e. The van der Waals surface area contributed by atoms with Crippen molar-refractivity contribution < 1.29 is 23.9 Å². The number of benzene rings is 3. The fourth-order valence-electron chi connectivity index (χ4n) is 3.21. The van der Waals surface area contributed by atoms with Crippen molar-refractivity contribution in [1.29, 1.82) is 0 Å². The van der Waals surface area contributed by atoms with Crippen molar-refractivity contribution in [3.63, 3.8) is 0 Å². The van der Waals surface area contributed by atoms with Gasteiger partial charge in [-0.25, -0.2) is 5.43 Å². The number of para-hydroxylation sites is 2. The highest BCUT2D eigenvalue weighted by Gasteiger charge is 2.16. The average Bonchev–Trinajstić information content (AvgIpc) is 2.85. The number of nitrogens with zero attached hydrogens (tertiary/aromatic N) is 1. The van der Waals surface area contributed by atoms with Crippen LogP contribution in [0.15, 0.2) is 65.8 Å². The van der Waals surface area contributed by atoms with Gasteiger partial charge in [0, 0.05) is 11.4 Å². The number of nitrogens with one attached hydrogen (secondary N) is 3. The van der Waals surface area contributed by atoms with Gasteiger partial charge in [-0.15, -0.1) is 0 Å². The van der Waals surface area contributed by atoms with Crippen LogP contribution >= 0.6 is 11.6 Å². The highest BCUT2D eigenvalue weighted by atomic mass is 35.5. The van der Waals surface area contributed by atoms with E-state index in [1.54, 1.807) is 30.3 Å². The summed E-state index contributed by atoms with van der Waals surface area (Å²) >= 11 is 6.32. The Hall–Kier alpha value is -4.37. The molecule has 0 atom stereocenters. The van der Waals surface area contributed by atoms with E-state index >= 15 is 0 Å². The van der Waals surface area contributed by atoms with Gasteiger partial charge in [-0.3, -0.25) is 14.4 Å². The van der Waals surface area contributed by atoms with Crippen molar-refractivity contribution in [3.8, 4) is 11.5 Å². The third kappa shape index (κ3) is 7.07. The number of hydrogen-bond acceptors (Lipinski definition) is 6. The summed E-state index contributed by atoms with van der Waals surface area (Å²) in [5, 5.41) is 9.27. The predicted octanol–water partition coefficient (Wildman–Crippen LogP) is 4.07. The molecule has 186 valence electrons. The van der Waals surface area contributed by atoms with Crippen molar-refractivity contribution in [2.75, 3.05) is 24.4 Å². The van der Waals surface area contributed by atoms with Gasteiger partial charge in [0.1, 0.15) is 0 Å². The Morgan fingerprint density at radius 1 is 0.944 bits per heavy atom. The molecule has 0 aromatic heterocycles. The molecule has 0 unspecified atom stereocenters. The molecular formula is C26H25ClN4O5. The van der Waals surface area contributed by atoms with Gasteiger partial charge in [-0.2, -0.15) is 5.10 Å². The van der Waals surface area contributed by atoms with Crippen molar-refractivity contribution in [2.45, 2.75) is 13.8 Å². The summed E-state index contributed by atoms with van der Waals surface area (Å²) in [5.41, 5.74) is 5.52. The summed E-state index contributed by atoms with van der Waals surface area (Å²) in [5.74, 6) is -1.71. The van der Waals surface area contributed by atoms with E-state index in [0.717, 1.165) is 11.1 Å². The number of ether oxygens (including phenoxy) is 2. The summed E-state index contributed by atoms with van der Waals surface area (Å²) in [7, 11) is 1.42. The third-order valence-electron chi connectivity index (χ3n) is 4.96. The van der Waals surface area contributed by atoms with E-state index in [1.165, 1.54) is 19.4 Å². The lowest BCUT2D eigenvalue weighted by molar-refractivity contribution is -0.136. The summed E-state index contributed by atoms with van der Waals surface area (Å²) in [6.07, 6.45) is 1.30. The largest absolute Gasteiger partial charge is 0.493 e. The fraction of sp³-hybridized carbons (Fsp3) is 0.154. The van der Waals surface area contributed by atoms with Gasteiger partial charge in [-0.1, -0.05) is 48.0 Å². The van der Waals surface area contributed by atoms with Crippen molar-refractivity contribution in [1.82, 2.24) is 5.43 Å². The number of hydrazone groups is 1. The van der Waals surface area contributed by atoms with Crippen LogP contribution in [-0.4, -0.2) is 37.7 Å². The molecule has 3 aromatic carbocycles. The number of hydrogen-bond donors (Lipinski definition) is 3. The highest BCUT2D eigenvalue weighted by Crippen LogP contribution is 2.36. The van der Waals surface area contributed by atoms with E-state index in [2.05, 4.69) is 21.2 Å². The second kappa shape index (κ2) is 12.4. The topological polar surface area (TPSA) is 118 Å². The molecule has 0 aliphatic rings. The lowest BCUT2D eigenvalue weighted by Crippen LogP contribution is -2.32. The number of amides is 3. The quantitative estimate of drug-likeness (QED) is 0.241. The van der Waals surface area contributed by atoms with E-state index in [0.29, 0.717) is 16.9 Å². The summed E-state index contributed by atoms with van der Waals surface area (Å²) in [4.78, 5) is 36.5. The Bertz CT molecular complexity index is 1270. The third-order valence-corrected chi connectivity index (χ3v) is 5.24. The molecule has 3 aromatic rings. The predicted molar refractivity (Wildman–Crippen MR) is 139 cm³/mol. The molecule has 36 heavy (non-hydrogen) atoms. The van der Waals surface area contributed by atoms with Gasteiger partial charge in [-0.05, 0) is 54.8 Å². The van der Waals surface area contributed by atoms with Crippen LogP contribution in [0.1, 0.15) is 16.7 Å². The van der Waals surface area contributed by atoms with Crippen LogP contribution in [-0.2, 0) is 14.4 Å². The summed E-state index contributed by atoms with van der Waals surface area (Å²) < 4.78 is 10.9. The van der Waals surface area contributed by atoms with Crippen LogP contribution in [0.3, 0.4) is 0 Å². The van der Waals surface area contributed by atoms with E-state index in [4.69, 9.17) is 21.1 Å². The van der Waals surface area contributed by atoms with Crippen LogP contribution in [0.4, 0.5) is 11.4 Å². The first-order chi connectivity index (χ1) is 17.3. The van der Waals surface area contributed by atoms with Gasteiger partial charge in [0.05, 0.1) is 18.3 Å². The maximum atomic E-state index is 12.2. The first-order valence-corrected chi connectivity index (χ1v) is 11.2. The van der Waals surface area contributed by atoms with Crippen molar-refractivity contribution in [3.05, 3.63) is 82.4 Å². The molecule has 0 saturated heterocycles. The molecule has 0 spiro atoms. The monoisotopic (exact) mass is 508 g/mol. The molecule has 0 aliphatic carbocycles. The van der Waals surface area contributed by atoms with Gasteiger partial charge in [0.2, 0.25) is 0 Å². The molecule has 0 aliphatic heterocycles. The first kappa shape index (κ1) is 26.2. The standard InChI is InChI=1S/C26H25ClN4O5/c1-16-8-7-9-17(2)23(16)30-25(33)26(34)31-28-14-18-12-20(27)24(21(13-18)35-3)36-15-22(32)29-19-10-5-4-6-11-19/h4-14H,15H2,1-3H3,(H,29,32)(H,30,33)(H,31,34)/b28-14-. The maximum Gasteiger partial charge on any atom is 0.329 e. The maximum absolute atomic E-state index is 12.2. The second-order valence-electron chi connectivity index (χ2n) is 7.66. The summed E-state index contributed by atoms with van der Waals surface area (Å²) in [6, 6.07) is 17.6. The van der Waals surface area contributed by atoms with Crippen LogP contribution in [0.25, 0.3) is 0 Å². The van der Waals surface area contributed by atoms with E-state index in [-0.39, 0.29) is 29.0 Å². The molecule has 9 nitrogen and oxygen atoms in total. The SMILES string of the molecule is COc1cc(/C=N\NC(=O)C(=O)Nc2c(C)cccc2C)cc(Cl)c1OCC(=O)Nc1ccccc1. The highest BCUT2D eigenvalue weighted by molar-refractivity contribution is 6.39. The molecule has 0 radical (unpaired) electrons. The number of methoxy groups -OCH3 is 1. The molecular weight excluding hydrogens is 484 g/mol. The van der Waals surface area contributed by atoms with Gasteiger partial charge >= 0.3 is 11.8 Å². The number of halogens is 1. The molecule has 10 heteroatoms. The van der Waals surface area contributed by atoms with Gasteiger partial charge in [0.15, 0.2) is 18.1 Å². The number of anilines is 2. The minimum atomic E-state index is -0.934. The van der Waals surface area contributed by atoms with Crippen LogP contribution < -0.4 is 25.5 Å². The van der Waals surface area contributed by atoms with Crippen molar-refractivity contribution >= 4 is 46.9 Å². The molecule has 3 amide bonds. The number of rotatable bonds is 8. The molecule has 0 bridgehead atoms. The summed E-state index contributed by atoms with van der Waals surface area (Å²) in [6.45, 7) is 3.38. The van der Waals surface area contributed by atoms with Crippen LogP contribution in [0.2, 0.25) is 5.02 Å². The number of carbonyl (C=O) groups is 3. The average molecular weight is 509 g/mol. The Morgan fingerprint density at radius 3 is 2.31 bits per heavy atom. The first-order valence-electron chi connectivity index (χ1n) is 10.8. The van der Waals surface area contributed by atoms with Crippen molar-refractivity contribution in [2.24, 2.45) is 5.10 Å². The minimum absolute atomic E-state index is 0.169. The van der Waals surface area contributed by atoms with E-state index in [9.17, 15) is 14.4 Å². The fourth-order valence-corrected chi connectivity index (χ4v) is 3.48. The number of aryl methyl sites for hydroxylation is 2. The number of carbonyl (C=O) groups excluding carboxylic acids is 3. The molecule has 3 N–H and O–H groups in total. The van der Waals surface area contributed by atoms with Gasteiger partial charge in [0.25, 0.3) is 5.91 Å². The zero-order valence-corrected chi connectivity index (χ0v) is 20.7. The Morgan fingerprint density at radius 2 is 1.64 bits per heavy atom.